The average molecular weight is 457 g/mol. The van der Waals surface area contributed by atoms with Crippen LogP contribution in [0.4, 0.5) is 0 Å². The Labute approximate surface area is 193 Å². The highest BCUT2D eigenvalue weighted by Crippen LogP contribution is 2.26. The van der Waals surface area contributed by atoms with Crippen molar-refractivity contribution in [2.24, 2.45) is 7.05 Å². The number of aryl methyl sites for hydroxylation is 1. The van der Waals surface area contributed by atoms with Crippen molar-refractivity contribution in [3.05, 3.63) is 53.7 Å². The van der Waals surface area contributed by atoms with Crippen molar-refractivity contribution in [2.75, 3.05) is 26.8 Å². The SMILES string of the molecule is CN1CCOC[C@@H]1c1nc(COc2ccc(C(C)(C)C)cc2)nn1-c1ccnn1C.O=CO. The predicted octanol–water partition coefficient (Wildman–Crippen LogP) is 2.58. The first kappa shape index (κ1) is 24.4. The molecule has 1 atom stereocenters. The van der Waals surface area contributed by atoms with Gasteiger partial charge in [-0.1, -0.05) is 32.9 Å². The number of carboxylic acid groups (broad SMARTS) is 1. The Hall–Kier alpha value is -3.24. The summed E-state index contributed by atoms with van der Waals surface area (Å²) in [5.74, 6) is 3.13. The van der Waals surface area contributed by atoms with Crippen molar-refractivity contribution < 1.29 is 19.4 Å². The van der Waals surface area contributed by atoms with Crippen LogP contribution in [-0.4, -0.2) is 67.8 Å². The van der Waals surface area contributed by atoms with Crippen molar-refractivity contribution in [1.82, 2.24) is 29.4 Å². The highest BCUT2D eigenvalue weighted by atomic mass is 16.5. The molecule has 0 unspecified atom stereocenters. The highest BCUT2D eigenvalue weighted by Gasteiger charge is 2.28. The number of hydrogen-bond donors (Lipinski definition) is 1. The van der Waals surface area contributed by atoms with Crippen LogP contribution in [0.25, 0.3) is 5.82 Å². The summed E-state index contributed by atoms with van der Waals surface area (Å²) >= 11 is 0. The Morgan fingerprint density at radius 3 is 2.48 bits per heavy atom. The van der Waals surface area contributed by atoms with E-state index in [1.807, 2.05) is 29.9 Å². The molecule has 1 N–H and O–H groups in total. The van der Waals surface area contributed by atoms with Gasteiger partial charge in [-0.25, -0.2) is 4.98 Å². The molecule has 0 radical (unpaired) electrons. The van der Waals surface area contributed by atoms with Gasteiger partial charge in [0, 0.05) is 19.7 Å². The van der Waals surface area contributed by atoms with Crippen molar-refractivity contribution >= 4 is 6.47 Å². The van der Waals surface area contributed by atoms with Crippen LogP contribution in [0.5, 0.6) is 5.75 Å². The molecular formula is C23H32N6O4. The van der Waals surface area contributed by atoms with Gasteiger partial charge < -0.3 is 14.6 Å². The summed E-state index contributed by atoms with van der Waals surface area (Å²) in [4.78, 5) is 15.4. The molecule has 178 valence electrons. The molecule has 2 aromatic heterocycles. The first-order valence-corrected chi connectivity index (χ1v) is 10.8. The molecule has 0 bridgehead atoms. The number of likely N-dealkylation sites (N-methyl/N-ethyl adjacent to an activating group) is 1. The summed E-state index contributed by atoms with van der Waals surface area (Å²) in [5, 5.41) is 15.9. The van der Waals surface area contributed by atoms with Crippen LogP contribution in [0.2, 0.25) is 0 Å². The minimum absolute atomic E-state index is 0.0287. The van der Waals surface area contributed by atoms with E-state index in [-0.39, 0.29) is 17.9 Å². The molecule has 1 fully saturated rings. The normalized spacial score (nSPS) is 16.7. The summed E-state index contributed by atoms with van der Waals surface area (Å²) in [6.07, 6.45) is 1.76. The molecule has 10 heteroatoms. The molecule has 1 aliphatic rings. The van der Waals surface area contributed by atoms with Gasteiger partial charge in [0.15, 0.2) is 17.5 Å². The molecule has 0 aliphatic carbocycles. The maximum atomic E-state index is 8.36. The second-order valence-corrected chi connectivity index (χ2v) is 8.85. The van der Waals surface area contributed by atoms with Crippen LogP contribution in [-0.2, 0) is 28.6 Å². The van der Waals surface area contributed by atoms with E-state index < -0.39 is 0 Å². The Kier molecular flexibility index (Phi) is 7.83. The minimum Gasteiger partial charge on any atom is -0.486 e. The maximum Gasteiger partial charge on any atom is 0.290 e. The molecule has 4 rings (SSSR count). The summed E-state index contributed by atoms with van der Waals surface area (Å²) < 4.78 is 15.3. The van der Waals surface area contributed by atoms with Crippen molar-refractivity contribution in [3.8, 4) is 11.6 Å². The van der Waals surface area contributed by atoms with Gasteiger partial charge in [-0.2, -0.15) is 9.78 Å². The fourth-order valence-electron chi connectivity index (χ4n) is 3.55. The van der Waals surface area contributed by atoms with E-state index in [2.05, 4.69) is 50.0 Å². The van der Waals surface area contributed by atoms with E-state index in [0.29, 0.717) is 19.0 Å². The van der Waals surface area contributed by atoms with E-state index in [0.717, 1.165) is 30.5 Å². The number of aromatic nitrogens is 5. The molecule has 3 aromatic rings. The molecule has 0 amide bonds. The first-order chi connectivity index (χ1) is 15.7. The maximum absolute atomic E-state index is 8.36. The van der Waals surface area contributed by atoms with Crippen molar-refractivity contribution in [3.63, 3.8) is 0 Å². The van der Waals surface area contributed by atoms with Crippen molar-refractivity contribution in [1.29, 1.82) is 0 Å². The number of ether oxygens (including phenoxy) is 2. The zero-order valence-corrected chi connectivity index (χ0v) is 19.8. The van der Waals surface area contributed by atoms with Gasteiger partial charge in [-0.15, -0.1) is 5.10 Å². The highest BCUT2D eigenvalue weighted by molar-refractivity contribution is 5.32. The van der Waals surface area contributed by atoms with Crippen LogP contribution >= 0.6 is 0 Å². The summed E-state index contributed by atoms with van der Waals surface area (Å²) in [6, 6.07) is 10.2. The lowest BCUT2D eigenvalue weighted by Gasteiger charge is -2.31. The second kappa shape index (κ2) is 10.6. The zero-order valence-electron chi connectivity index (χ0n) is 19.8. The van der Waals surface area contributed by atoms with Gasteiger partial charge in [0.1, 0.15) is 12.4 Å². The fraction of sp³-hybridized carbons (Fsp3) is 0.478. The number of nitrogens with zero attached hydrogens (tertiary/aromatic N) is 6. The monoisotopic (exact) mass is 456 g/mol. The van der Waals surface area contributed by atoms with E-state index in [1.54, 1.807) is 10.9 Å². The van der Waals surface area contributed by atoms with Gasteiger partial charge in [0.2, 0.25) is 0 Å². The van der Waals surface area contributed by atoms with E-state index >= 15 is 0 Å². The number of rotatable bonds is 5. The van der Waals surface area contributed by atoms with Crippen LogP contribution in [0, 0.1) is 0 Å². The fourth-order valence-corrected chi connectivity index (χ4v) is 3.55. The number of morpholine rings is 1. The standard InChI is InChI=1S/C22H30N6O2.CH2O2/c1-22(2,3)16-6-8-17(9-7-16)30-15-19-24-21(18-14-29-13-12-26(18)4)28(25-19)20-10-11-23-27(20)5;2-1-3/h6-11,18H,12-15H2,1-5H3;1H,(H,2,3)/t18-;/m1./s1. The van der Waals surface area contributed by atoms with E-state index in [4.69, 9.17) is 29.5 Å². The van der Waals surface area contributed by atoms with Gasteiger partial charge in [0.25, 0.3) is 6.47 Å². The van der Waals surface area contributed by atoms with Crippen LogP contribution < -0.4 is 4.74 Å². The number of benzene rings is 1. The Balaban J connectivity index is 0.000000968. The summed E-state index contributed by atoms with van der Waals surface area (Å²) in [6.45, 7) is 8.82. The van der Waals surface area contributed by atoms with Gasteiger partial charge in [-0.3, -0.25) is 14.4 Å². The third-order valence-corrected chi connectivity index (χ3v) is 5.47. The molecule has 0 spiro atoms. The lowest BCUT2D eigenvalue weighted by molar-refractivity contribution is -0.122. The lowest BCUT2D eigenvalue weighted by atomic mass is 9.87. The van der Waals surface area contributed by atoms with Crippen molar-refractivity contribution in [2.45, 2.75) is 38.8 Å². The Bertz CT molecular complexity index is 1040. The Morgan fingerprint density at radius 1 is 1.21 bits per heavy atom. The summed E-state index contributed by atoms with van der Waals surface area (Å²) in [7, 11) is 3.98. The molecule has 1 aromatic carbocycles. The first-order valence-electron chi connectivity index (χ1n) is 10.8. The van der Waals surface area contributed by atoms with Crippen LogP contribution in [0.3, 0.4) is 0 Å². The molecule has 3 heterocycles. The molecule has 10 nitrogen and oxygen atoms in total. The quantitative estimate of drug-likeness (QED) is 0.584. The lowest BCUT2D eigenvalue weighted by Crippen LogP contribution is -2.38. The molecule has 1 aliphatic heterocycles. The Morgan fingerprint density at radius 2 is 1.91 bits per heavy atom. The number of carbonyl (C=O) groups is 1. The van der Waals surface area contributed by atoms with Gasteiger partial charge >= 0.3 is 0 Å². The smallest absolute Gasteiger partial charge is 0.290 e. The van der Waals surface area contributed by atoms with E-state index in [1.165, 1.54) is 5.56 Å². The minimum atomic E-state index is -0.250. The zero-order chi connectivity index (χ0) is 24.0. The molecule has 33 heavy (non-hydrogen) atoms. The predicted molar refractivity (Wildman–Crippen MR) is 122 cm³/mol. The third-order valence-electron chi connectivity index (χ3n) is 5.47. The number of hydrogen-bond acceptors (Lipinski definition) is 7. The molecule has 1 saturated heterocycles. The average Bonchev–Trinajstić information content (AvgIpc) is 3.38. The van der Waals surface area contributed by atoms with E-state index in [9.17, 15) is 0 Å². The molecule has 0 saturated carbocycles. The third kappa shape index (κ3) is 5.96. The topological polar surface area (TPSA) is 108 Å². The largest absolute Gasteiger partial charge is 0.486 e. The van der Waals surface area contributed by atoms with Crippen LogP contribution in [0.1, 0.15) is 44.0 Å². The van der Waals surface area contributed by atoms with Gasteiger partial charge in [0.05, 0.1) is 25.5 Å². The second-order valence-electron chi connectivity index (χ2n) is 8.85. The van der Waals surface area contributed by atoms with Gasteiger partial charge in [-0.05, 0) is 30.2 Å². The van der Waals surface area contributed by atoms with Crippen LogP contribution in [0.15, 0.2) is 36.5 Å². The molecular weight excluding hydrogens is 424 g/mol. The summed E-state index contributed by atoms with van der Waals surface area (Å²) in [5.41, 5.74) is 1.39.